The lowest BCUT2D eigenvalue weighted by Gasteiger charge is -2.14. The molecule has 98 valence electrons. The zero-order chi connectivity index (χ0) is 13.4. The van der Waals surface area contributed by atoms with Gasteiger partial charge in [0, 0.05) is 18.9 Å². The molecule has 2 atom stereocenters. The van der Waals surface area contributed by atoms with E-state index < -0.39 is 23.9 Å². The fraction of sp³-hybridized carbons (Fsp3) is 0.700. The van der Waals surface area contributed by atoms with Gasteiger partial charge >= 0.3 is 11.9 Å². The molecule has 0 aromatic rings. The first-order valence-corrected chi connectivity index (χ1v) is 5.21. The minimum Gasteiger partial charge on any atom is -0.480 e. The van der Waals surface area contributed by atoms with E-state index in [4.69, 9.17) is 10.8 Å². The van der Waals surface area contributed by atoms with Crippen molar-refractivity contribution in [2.45, 2.75) is 38.3 Å². The summed E-state index contributed by atoms with van der Waals surface area (Å²) in [5.74, 6) is -2.15. The van der Waals surface area contributed by atoms with Crippen molar-refractivity contribution in [2.75, 3.05) is 7.11 Å². The van der Waals surface area contributed by atoms with Gasteiger partial charge in [-0.1, -0.05) is 0 Å². The van der Waals surface area contributed by atoms with Gasteiger partial charge < -0.3 is 20.9 Å². The number of carboxylic acid groups (broad SMARTS) is 1. The van der Waals surface area contributed by atoms with E-state index >= 15 is 0 Å². The quantitative estimate of drug-likeness (QED) is 0.508. The van der Waals surface area contributed by atoms with E-state index in [1.807, 2.05) is 0 Å². The second-order valence-electron chi connectivity index (χ2n) is 3.75. The van der Waals surface area contributed by atoms with Crippen molar-refractivity contribution in [1.82, 2.24) is 5.32 Å². The van der Waals surface area contributed by atoms with Crippen LogP contribution in [-0.2, 0) is 19.1 Å². The molecule has 0 aliphatic heterocycles. The summed E-state index contributed by atoms with van der Waals surface area (Å²) in [4.78, 5) is 33.0. The highest BCUT2D eigenvalue weighted by Crippen LogP contribution is 2.00. The second kappa shape index (κ2) is 7.61. The molecule has 1 amide bonds. The van der Waals surface area contributed by atoms with Crippen molar-refractivity contribution in [1.29, 1.82) is 0 Å². The Kier molecular flexibility index (Phi) is 6.88. The number of carboxylic acids is 1. The molecule has 4 N–H and O–H groups in total. The van der Waals surface area contributed by atoms with Crippen LogP contribution in [-0.4, -0.2) is 42.1 Å². The lowest BCUT2D eigenvalue weighted by Crippen LogP contribution is -2.42. The lowest BCUT2D eigenvalue weighted by atomic mass is 10.1. The molecule has 2 unspecified atom stereocenters. The number of carbonyl (C=O) groups excluding carboxylic acids is 2. The maximum Gasteiger partial charge on any atom is 0.326 e. The van der Waals surface area contributed by atoms with E-state index in [0.717, 1.165) is 0 Å². The molecule has 0 aromatic heterocycles. The average molecular weight is 246 g/mol. The zero-order valence-corrected chi connectivity index (χ0v) is 9.93. The summed E-state index contributed by atoms with van der Waals surface area (Å²) in [6.07, 6.45) is -0.0272. The molecule has 0 heterocycles. The van der Waals surface area contributed by atoms with E-state index in [2.05, 4.69) is 10.1 Å². The smallest absolute Gasteiger partial charge is 0.326 e. The van der Waals surface area contributed by atoms with Gasteiger partial charge in [0.25, 0.3) is 0 Å². The van der Waals surface area contributed by atoms with Crippen LogP contribution in [0.2, 0.25) is 0 Å². The second-order valence-corrected chi connectivity index (χ2v) is 3.75. The van der Waals surface area contributed by atoms with Gasteiger partial charge in [-0.25, -0.2) is 4.79 Å². The zero-order valence-electron chi connectivity index (χ0n) is 9.93. The van der Waals surface area contributed by atoms with Gasteiger partial charge in [0.2, 0.25) is 5.91 Å². The number of esters is 1. The van der Waals surface area contributed by atoms with Gasteiger partial charge in [0.05, 0.1) is 7.11 Å². The van der Waals surface area contributed by atoms with Crippen LogP contribution in [0.3, 0.4) is 0 Å². The van der Waals surface area contributed by atoms with Crippen molar-refractivity contribution in [3.8, 4) is 0 Å². The molecule has 0 radical (unpaired) electrons. The fourth-order valence-corrected chi connectivity index (χ4v) is 1.17. The fourth-order valence-electron chi connectivity index (χ4n) is 1.17. The van der Waals surface area contributed by atoms with Gasteiger partial charge in [-0.3, -0.25) is 9.59 Å². The van der Waals surface area contributed by atoms with Crippen molar-refractivity contribution < 1.29 is 24.2 Å². The van der Waals surface area contributed by atoms with Gasteiger partial charge in [0.1, 0.15) is 6.04 Å². The van der Waals surface area contributed by atoms with Gasteiger partial charge in [-0.05, 0) is 13.3 Å². The van der Waals surface area contributed by atoms with Crippen LogP contribution in [0.1, 0.15) is 26.2 Å². The first kappa shape index (κ1) is 15.4. The predicted octanol–water partition coefficient (Wildman–Crippen LogP) is -0.754. The molecule has 0 saturated carbocycles. The molecule has 0 bridgehead atoms. The molecular weight excluding hydrogens is 228 g/mol. The summed E-state index contributed by atoms with van der Waals surface area (Å²) in [7, 11) is 1.22. The third kappa shape index (κ3) is 7.29. The highest BCUT2D eigenvalue weighted by Gasteiger charge is 2.21. The molecule has 0 aliphatic carbocycles. The normalized spacial score (nSPS) is 13.6. The lowest BCUT2D eigenvalue weighted by molar-refractivity contribution is -0.144. The van der Waals surface area contributed by atoms with Crippen molar-refractivity contribution in [3.05, 3.63) is 0 Å². The number of methoxy groups -OCH3 is 1. The number of nitrogens with two attached hydrogens (primary N) is 1. The van der Waals surface area contributed by atoms with Gasteiger partial charge in [0.15, 0.2) is 0 Å². The average Bonchev–Trinajstić information content (AvgIpc) is 2.22. The highest BCUT2D eigenvalue weighted by molar-refractivity contribution is 5.84. The van der Waals surface area contributed by atoms with Crippen LogP contribution in [0.4, 0.5) is 0 Å². The minimum atomic E-state index is -1.19. The number of rotatable bonds is 7. The van der Waals surface area contributed by atoms with E-state index in [1.165, 1.54) is 7.11 Å². The molecular formula is C10H18N2O5. The van der Waals surface area contributed by atoms with Gasteiger partial charge in [-0.15, -0.1) is 0 Å². The van der Waals surface area contributed by atoms with Crippen LogP contribution in [0.25, 0.3) is 0 Å². The Morgan fingerprint density at radius 1 is 1.41 bits per heavy atom. The Hall–Kier alpha value is -1.63. The summed E-state index contributed by atoms with van der Waals surface area (Å²) in [6.45, 7) is 1.64. The molecule has 17 heavy (non-hydrogen) atoms. The van der Waals surface area contributed by atoms with Gasteiger partial charge in [-0.2, -0.15) is 0 Å². The number of carbonyl (C=O) groups is 3. The number of amides is 1. The molecule has 7 heteroatoms. The van der Waals surface area contributed by atoms with Crippen molar-refractivity contribution in [2.24, 2.45) is 5.73 Å². The highest BCUT2D eigenvalue weighted by atomic mass is 16.5. The van der Waals surface area contributed by atoms with Crippen LogP contribution in [0, 0.1) is 0 Å². The molecule has 0 spiro atoms. The number of aliphatic carboxylic acids is 1. The van der Waals surface area contributed by atoms with E-state index in [9.17, 15) is 14.4 Å². The maximum absolute atomic E-state index is 11.3. The maximum atomic E-state index is 11.3. The summed E-state index contributed by atoms with van der Waals surface area (Å²) in [6, 6.07) is -1.44. The topological polar surface area (TPSA) is 119 Å². The summed E-state index contributed by atoms with van der Waals surface area (Å²) < 4.78 is 4.39. The molecule has 0 saturated heterocycles. The first-order chi connectivity index (χ1) is 7.86. The monoisotopic (exact) mass is 246 g/mol. The van der Waals surface area contributed by atoms with Crippen LogP contribution >= 0.6 is 0 Å². The third-order valence-electron chi connectivity index (χ3n) is 2.01. The number of hydrogen-bond acceptors (Lipinski definition) is 5. The largest absolute Gasteiger partial charge is 0.480 e. The Balaban J connectivity index is 4.20. The Bertz CT molecular complexity index is 290. The van der Waals surface area contributed by atoms with Crippen LogP contribution < -0.4 is 11.1 Å². The first-order valence-electron chi connectivity index (χ1n) is 5.21. The summed E-state index contributed by atoms with van der Waals surface area (Å²) in [5, 5.41) is 11.1. The number of nitrogens with one attached hydrogen (secondary N) is 1. The van der Waals surface area contributed by atoms with E-state index in [-0.39, 0.29) is 25.3 Å². The number of hydrogen-bond donors (Lipinski definition) is 3. The van der Waals surface area contributed by atoms with Crippen LogP contribution in [0.5, 0.6) is 0 Å². The Labute approximate surface area is 99.3 Å². The van der Waals surface area contributed by atoms with Crippen molar-refractivity contribution in [3.63, 3.8) is 0 Å². The Morgan fingerprint density at radius 3 is 2.41 bits per heavy atom. The third-order valence-corrected chi connectivity index (χ3v) is 2.01. The standard InChI is InChI=1S/C10H18N2O5/c1-6(11)5-8(13)12-7(10(15)16)3-4-9(14)17-2/h6-7H,3-5,11H2,1-2H3,(H,12,13)(H,15,16). The van der Waals surface area contributed by atoms with Crippen molar-refractivity contribution >= 4 is 17.8 Å². The van der Waals surface area contributed by atoms with E-state index in [1.54, 1.807) is 6.92 Å². The molecule has 7 nitrogen and oxygen atoms in total. The summed E-state index contributed by atoms with van der Waals surface area (Å²) >= 11 is 0. The van der Waals surface area contributed by atoms with Crippen LogP contribution in [0.15, 0.2) is 0 Å². The minimum absolute atomic E-state index is 0.00724. The molecule has 0 aromatic carbocycles. The molecule has 0 rings (SSSR count). The Morgan fingerprint density at radius 2 is 2.00 bits per heavy atom. The molecule has 0 aliphatic rings. The SMILES string of the molecule is COC(=O)CCC(NC(=O)CC(C)N)C(=O)O. The number of ether oxygens (including phenoxy) is 1. The van der Waals surface area contributed by atoms with E-state index in [0.29, 0.717) is 0 Å². The molecule has 0 fully saturated rings. The predicted molar refractivity (Wildman–Crippen MR) is 59.1 cm³/mol. The summed E-state index contributed by atoms with van der Waals surface area (Å²) in [5.41, 5.74) is 5.41.